The van der Waals surface area contributed by atoms with Crippen molar-refractivity contribution in [2.75, 3.05) is 46.3 Å². The van der Waals surface area contributed by atoms with Gasteiger partial charge in [0.05, 0.1) is 0 Å². The quantitative estimate of drug-likeness (QED) is 0.759. The van der Waals surface area contributed by atoms with Crippen LogP contribution in [0.4, 0.5) is 0 Å². The summed E-state index contributed by atoms with van der Waals surface area (Å²) in [5.41, 5.74) is 0.366. The lowest BCUT2D eigenvalue weighted by atomic mass is 9.88. The van der Waals surface area contributed by atoms with Crippen molar-refractivity contribution in [3.63, 3.8) is 0 Å². The Morgan fingerprint density at radius 2 is 1.83 bits per heavy atom. The zero-order valence-electron chi connectivity index (χ0n) is 13.1. The van der Waals surface area contributed by atoms with Gasteiger partial charge in [-0.15, -0.1) is 0 Å². The molecule has 18 heavy (non-hydrogen) atoms. The average Bonchev–Trinajstić information content (AvgIpc) is 2.48. The highest BCUT2D eigenvalue weighted by Crippen LogP contribution is 2.18. The second-order valence-electron chi connectivity index (χ2n) is 6.89. The second kappa shape index (κ2) is 7.46. The van der Waals surface area contributed by atoms with Crippen molar-refractivity contribution in [1.29, 1.82) is 0 Å². The zero-order valence-corrected chi connectivity index (χ0v) is 13.1. The van der Waals surface area contributed by atoms with Crippen molar-refractivity contribution in [3.8, 4) is 0 Å². The average molecular weight is 255 g/mol. The van der Waals surface area contributed by atoms with Crippen molar-refractivity contribution in [3.05, 3.63) is 0 Å². The molecule has 0 saturated carbocycles. The molecule has 0 unspecified atom stereocenters. The van der Waals surface area contributed by atoms with Crippen LogP contribution < -0.4 is 5.32 Å². The summed E-state index contributed by atoms with van der Waals surface area (Å²) < 4.78 is 0. The summed E-state index contributed by atoms with van der Waals surface area (Å²) in [5, 5.41) is 3.65. The van der Waals surface area contributed by atoms with Crippen molar-refractivity contribution in [2.45, 2.75) is 46.6 Å². The van der Waals surface area contributed by atoms with Crippen molar-refractivity contribution >= 4 is 0 Å². The fraction of sp³-hybridized carbons (Fsp3) is 1.00. The SMILES string of the molecule is C[C@H](NCCCN1CCCN(C)CC1)C(C)(C)C. The number of hydrogen-bond donors (Lipinski definition) is 1. The number of nitrogens with zero attached hydrogens (tertiary/aromatic N) is 2. The molecular weight excluding hydrogens is 222 g/mol. The molecule has 0 aromatic heterocycles. The molecule has 1 rings (SSSR count). The lowest BCUT2D eigenvalue weighted by Crippen LogP contribution is -2.39. The summed E-state index contributed by atoms with van der Waals surface area (Å²) >= 11 is 0. The molecule has 0 bridgehead atoms. The molecule has 0 spiro atoms. The van der Waals surface area contributed by atoms with E-state index in [2.05, 4.69) is 49.9 Å². The molecule has 0 amide bonds. The highest BCUT2D eigenvalue weighted by atomic mass is 15.2. The van der Waals surface area contributed by atoms with Gasteiger partial charge in [-0.25, -0.2) is 0 Å². The highest BCUT2D eigenvalue weighted by molar-refractivity contribution is 4.76. The van der Waals surface area contributed by atoms with E-state index in [1.54, 1.807) is 0 Å². The van der Waals surface area contributed by atoms with E-state index in [0.717, 1.165) is 6.54 Å². The first kappa shape index (κ1) is 15.9. The van der Waals surface area contributed by atoms with Crippen LogP contribution in [-0.4, -0.2) is 62.2 Å². The number of likely N-dealkylation sites (N-methyl/N-ethyl adjacent to an activating group) is 1. The van der Waals surface area contributed by atoms with Crippen LogP contribution in [0.25, 0.3) is 0 Å². The molecule has 1 fully saturated rings. The fourth-order valence-electron chi connectivity index (χ4n) is 2.25. The minimum absolute atomic E-state index is 0.366. The smallest absolute Gasteiger partial charge is 0.0109 e. The number of rotatable bonds is 5. The Balaban J connectivity index is 2.10. The Bertz CT molecular complexity index is 222. The molecule has 0 aromatic rings. The summed E-state index contributed by atoms with van der Waals surface area (Å²) in [5.74, 6) is 0. The number of nitrogens with one attached hydrogen (secondary N) is 1. The molecule has 0 aromatic carbocycles. The van der Waals surface area contributed by atoms with Crippen LogP contribution in [0.2, 0.25) is 0 Å². The van der Waals surface area contributed by atoms with E-state index < -0.39 is 0 Å². The van der Waals surface area contributed by atoms with Gasteiger partial charge in [0.2, 0.25) is 0 Å². The van der Waals surface area contributed by atoms with Gasteiger partial charge in [-0.1, -0.05) is 20.8 Å². The van der Waals surface area contributed by atoms with Gasteiger partial charge in [0.15, 0.2) is 0 Å². The molecule has 1 atom stereocenters. The Kier molecular flexibility index (Phi) is 6.61. The van der Waals surface area contributed by atoms with E-state index in [0.29, 0.717) is 11.5 Å². The predicted octanol–water partition coefficient (Wildman–Crippen LogP) is 2.04. The van der Waals surface area contributed by atoms with Gasteiger partial charge in [0.1, 0.15) is 0 Å². The van der Waals surface area contributed by atoms with Crippen LogP contribution in [0.5, 0.6) is 0 Å². The molecule has 1 aliphatic rings. The molecule has 108 valence electrons. The van der Waals surface area contributed by atoms with Gasteiger partial charge >= 0.3 is 0 Å². The third-order valence-corrected chi connectivity index (χ3v) is 4.21. The minimum Gasteiger partial charge on any atom is -0.314 e. The number of hydrogen-bond acceptors (Lipinski definition) is 3. The van der Waals surface area contributed by atoms with E-state index >= 15 is 0 Å². The van der Waals surface area contributed by atoms with E-state index in [9.17, 15) is 0 Å². The van der Waals surface area contributed by atoms with Crippen LogP contribution in [0.3, 0.4) is 0 Å². The molecule has 3 heteroatoms. The zero-order chi connectivity index (χ0) is 13.6. The molecule has 0 radical (unpaired) electrons. The largest absolute Gasteiger partial charge is 0.314 e. The van der Waals surface area contributed by atoms with Gasteiger partial charge in [0, 0.05) is 19.1 Å². The van der Waals surface area contributed by atoms with Crippen LogP contribution in [0.15, 0.2) is 0 Å². The van der Waals surface area contributed by atoms with Crippen molar-refractivity contribution in [2.24, 2.45) is 5.41 Å². The van der Waals surface area contributed by atoms with Crippen molar-refractivity contribution < 1.29 is 0 Å². The Morgan fingerprint density at radius 1 is 1.11 bits per heavy atom. The summed E-state index contributed by atoms with van der Waals surface area (Å²) in [4.78, 5) is 5.06. The predicted molar refractivity (Wildman–Crippen MR) is 80.1 cm³/mol. The maximum Gasteiger partial charge on any atom is 0.0109 e. The molecule has 1 saturated heterocycles. The second-order valence-corrected chi connectivity index (χ2v) is 6.89. The first-order valence-electron chi connectivity index (χ1n) is 7.54. The van der Waals surface area contributed by atoms with Gasteiger partial charge in [-0.3, -0.25) is 0 Å². The topological polar surface area (TPSA) is 18.5 Å². The Hall–Kier alpha value is -0.120. The first-order chi connectivity index (χ1) is 8.39. The van der Waals surface area contributed by atoms with Crippen LogP contribution in [0, 0.1) is 5.41 Å². The highest BCUT2D eigenvalue weighted by Gasteiger charge is 2.19. The lowest BCUT2D eigenvalue weighted by Gasteiger charge is -2.28. The molecule has 0 aliphatic carbocycles. The molecule has 3 nitrogen and oxygen atoms in total. The Labute approximate surface area is 114 Å². The third-order valence-electron chi connectivity index (χ3n) is 4.21. The maximum absolute atomic E-state index is 3.65. The molecule has 1 N–H and O–H groups in total. The summed E-state index contributed by atoms with van der Waals surface area (Å²) in [7, 11) is 2.23. The van der Waals surface area contributed by atoms with Crippen LogP contribution in [0.1, 0.15) is 40.5 Å². The standard InChI is InChI=1S/C15H33N3/c1-14(15(2,3)4)16-8-6-10-18-11-7-9-17(5)12-13-18/h14,16H,6-13H2,1-5H3/t14-/m0/s1. The van der Waals surface area contributed by atoms with E-state index in [4.69, 9.17) is 0 Å². The van der Waals surface area contributed by atoms with Gasteiger partial charge in [-0.05, 0) is 58.4 Å². The van der Waals surface area contributed by atoms with Gasteiger partial charge in [-0.2, -0.15) is 0 Å². The molecular formula is C15H33N3. The van der Waals surface area contributed by atoms with E-state index in [-0.39, 0.29) is 0 Å². The van der Waals surface area contributed by atoms with Gasteiger partial charge in [0.25, 0.3) is 0 Å². The van der Waals surface area contributed by atoms with Crippen molar-refractivity contribution in [1.82, 2.24) is 15.1 Å². The van der Waals surface area contributed by atoms with E-state index in [1.165, 1.54) is 45.6 Å². The van der Waals surface area contributed by atoms with Crippen LogP contribution >= 0.6 is 0 Å². The molecule has 1 aliphatic heterocycles. The van der Waals surface area contributed by atoms with Gasteiger partial charge < -0.3 is 15.1 Å². The Morgan fingerprint density at radius 3 is 2.50 bits per heavy atom. The lowest BCUT2D eigenvalue weighted by molar-refractivity contribution is 0.256. The van der Waals surface area contributed by atoms with Crippen LogP contribution in [-0.2, 0) is 0 Å². The maximum atomic E-state index is 3.65. The summed E-state index contributed by atoms with van der Waals surface area (Å²) in [6.45, 7) is 16.6. The monoisotopic (exact) mass is 255 g/mol. The molecule has 1 heterocycles. The summed E-state index contributed by atoms with van der Waals surface area (Å²) in [6, 6.07) is 0.591. The third kappa shape index (κ3) is 6.17. The minimum atomic E-state index is 0.366. The fourth-order valence-corrected chi connectivity index (χ4v) is 2.25. The summed E-state index contributed by atoms with van der Waals surface area (Å²) in [6.07, 6.45) is 2.59. The first-order valence-corrected chi connectivity index (χ1v) is 7.54. The van der Waals surface area contributed by atoms with E-state index in [1.807, 2.05) is 0 Å². The normalized spacial score (nSPS) is 21.8.